The van der Waals surface area contributed by atoms with Crippen LogP contribution in [0.15, 0.2) is 34.8 Å². The van der Waals surface area contributed by atoms with E-state index in [0.29, 0.717) is 30.6 Å². The van der Waals surface area contributed by atoms with Crippen molar-refractivity contribution in [3.63, 3.8) is 0 Å². The minimum atomic E-state index is -0.818. The molecule has 1 aliphatic rings. The number of ether oxygens (including phenoxy) is 2. The molecule has 1 fully saturated rings. The lowest BCUT2D eigenvalue weighted by Gasteiger charge is -2.16. The third-order valence-electron chi connectivity index (χ3n) is 5.45. The summed E-state index contributed by atoms with van der Waals surface area (Å²) in [5.41, 5.74) is 1.44. The first-order valence-corrected chi connectivity index (χ1v) is 11.1. The fraction of sp³-hybridized carbons (Fsp3) is 0.520. The van der Waals surface area contributed by atoms with Gasteiger partial charge < -0.3 is 19.0 Å². The molecule has 6 heteroatoms. The van der Waals surface area contributed by atoms with Crippen molar-refractivity contribution in [2.24, 2.45) is 0 Å². The Morgan fingerprint density at radius 2 is 1.87 bits per heavy atom. The molecule has 0 bridgehead atoms. The lowest BCUT2D eigenvalue weighted by molar-refractivity contribution is -0.143. The van der Waals surface area contributed by atoms with E-state index in [1.165, 1.54) is 0 Å². The molecule has 2 atom stereocenters. The standard InChI is InChI=1S/C25H32O6/c1-4-5-6-11-19(26)24-18(17-10-7-8-12-20(17)29-24)15-16-22-21(13-9-14-23(27)28)30-25(2,3)31-22/h7-8,10,12,15-16,21-22H,4-6,9,11,13-14H2,1-3H3,(H,27,28)/b16-15+. The van der Waals surface area contributed by atoms with E-state index in [4.69, 9.17) is 19.0 Å². The van der Waals surface area contributed by atoms with Crippen LogP contribution in [-0.4, -0.2) is 34.9 Å². The second kappa shape index (κ2) is 10.2. The molecule has 1 aromatic heterocycles. The number of ketones is 1. The highest BCUT2D eigenvalue weighted by Gasteiger charge is 2.39. The molecule has 1 saturated heterocycles. The van der Waals surface area contributed by atoms with Crippen LogP contribution < -0.4 is 0 Å². The number of aliphatic carboxylic acids is 1. The monoisotopic (exact) mass is 428 g/mol. The summed E-state index contributed by atoms with van der Waals surface area (Å²) in [6.07, 6.45) is 7.78. The molecular weight excluding hydrogens is 396 g/mol. The Balaban J connectivity index is 1.83. The number of benzene rings is 1. The first-order chi connectivity index (χ1) is 14.8. The van der Waals surface area contributed by atoms with Gasteiger partial charge in [-0.1, -0.05) is 50.1 Å². The van der Waals surface area contributed by atoms with Gasteiger partial charge in [-0.3, -0.25) is 9.59 Å². The summed E-state index contributed by atoms with van der Waals surface area (Å²) >= 11 is 0. The number of hydrogen-bond acceptors (Lipinski definition) is 5. The minimum Gasteiger partial charge on any atom is -0.481 e. The maximum absolute atomic E-state index is 12.8. The molecule has 2 unspecified atom stereocenters. The second-order valence-corrected chi connectivity index (χ2v) is 8.50. The van der Waals surface area contributed by atoms with Crippen molar-refractivity contribution >= 4 is 28.8 Å². The second-order valence-electron chi connectivity index (χ2n) is 8.50. The number of carbonyl (C=O) groups excluding carboxylic acids is 1. The normalized spacial score (nSPS) is 20.6. The van der Waals surface area contributed by atoms with E-state index in [1.54, 1.807) is 0 Å². The Morgan fingerprint density at radius 1 is 1.10 bits per heavy atom. The highest BCUT2D eigenvalue weighted by molar-refractivity contribution is 6.03. The van der Waals surface area contributed by atoms with Crippen molar-refractivity contribution in [3.8, 4) is 0 Å². The van der Waals surface area contributed by atoms with E-state index in [1.807, 2.05) is 50.3 Å². The fourth-order valence-electron chi connectivity index (χ4n) is 3.98. The smallest absolute Gasteiger partial charge is 0.303 e. The van der Waals surface area contributed by atoms with E-state index < -0.39 is 11.8 Å². The van der Waals surface area contributed by atoms with Crippen molar-refractivity contribution in [2.75, 3.05) is 0 Å². The lowest BCUT2D eigenvalue weighted by Crippen LogP contribution is -2.21. The van der Waals surface area contributed by atoms with Crippen LogP contribution >= 0.6 is 0 Å². The van der Waals surface area contributed by atoms with E-state index >= 15 is 0 Å². The summed E-state index contributed by atoms with van der Waals surface area (Å²) < 4.78 is 18.0. The highest BCUT2D eigenvalue weighted by Crippen LogP contribution is 2.34. The van der Waals surface area contributed by atoms with Crippen molar-refractivity contribution < 1.29 is 28.6 Å². The van der Waals surface area contributed by atoms with Crippen LogP contribution in [0.1, 0.15) is 81.8 Å². The van der Waals surface area contributed by atoms with Crippen LogP contribution in [0.3, 0.4) is 0 Å². The molecule has 0 radical (unpaired) electrons. The summed E-state index contributed by atoms with van der Waals surface area (Å²) in [6.45, 7) is 5.81. The molecule has 2 heterocycles. The number of carbonyl (C=O) groups is 2. The molecule has 1 aromatic carbocycles. The average Bonchev–Trinajstić information content (AvgIpc) is 3.22. The zero-order valence-electron chi connectivity index (χ0n) is 18.6. The first-order valence-electron chi connectivity index (χ1n) is 11.1. The van der Waals surface area contributed by atoms with Crippen molar-refractivity contribution in [3.05, 3.63) is 41.7 Å². The lowest BCUT2D eigenvalue weighted by atomic mass is 10.0. The zero-order chi connectivity index (χ0) is 22.4. The quantitative estimate of drug-likeness (QED) is 0.350. The predicted molar refractivity (Wildman–Crippen MR) is 119 cm³/mol. The van der Waals surface area contributed by atoms with Crippen molar-refractivity contribution in [1.82, 2.24) is 0 Å². The predicted octanol–water partition coefficient (Wildman–Crippen LogP) is 5.98. The Morgan fingerprint density at radius 3 is 2.61 bits per heavy atom. The van der Waals surface area contributed by atoms with Crippen LogP contribution in [-0.2, 0) is 14.3 Å². The molecule has 1 aliphatic heterocycles. The van der Waals surface area contributed by atoms with Gasteiger partial charge in [0, 0.05) is 23.8 Å². The molecule has 3 rings (SSSR count). The summed E-state index contributed by atoms with van der Waals surface area (Å²) in [7, 11) is 0. The summed E-state index contributed by atoms with van der Waals surface area (Å²) in [5.74, 6) is -1.18. The van der Waals surface area contributed by atoms with Gasteiger partial charge in [-0.15, -0.1) is 0 Å². The van der Waals surface area contributed by atoms with Gasteiger partial charge in [0.1, 0.15) is 11.7 Å². The maximum atomic E-state index is 12.8. The molecule has 31 heavy (non-hydrogen) atoms. The number of carboxylic acids is 1. The average molecular weight is 429 g/mol. The Kier molecular flexibility index (Phi) is 7.68. The molecule has 0 saturated carbocycles. The topological polar surface area (TPSA) is 86.0 Å². The largest absolute Gasteiger partial charge is 0.481 e. The zero-order valence-corrected chi connectivity index (χ0v) is 18.6. The van der Waals surface area contributed by atoms with Crippen LogP contribution in [0.5, 0.6) is 0 Å². The number of furan rings is 1. The number of para-hydroxylation sites is 1. The number of carboxylic acid groups (broad SMARTS) is 1. The van der Waals surface area contributed by atoms with Crippen molar-refractivity contribution in [1.29, 1.82) is 0 Å². The number of fused-ring (bicyclic) bond motifs is 1. The molecule has 0 aliphatic carbocycles. The third kappa shape index (κ3) is 6.05. The fourth-order valence-corrected chi connectivity index (χ4v) is 3.98. The molecule has 1 N–H and O–H groups in total. The molecule has 2 aromatic rings. The van der Waals surface area contributed by atoms with Gasteiger partial charge in [0.15, 0.2) is 17.3 Å². The van der Waals surface area contributed by atoms with Gasteiger partial charge in [0.25, 0.3) is 0 Å². The third-order valence-corrected chi connectivity index (χ3v) is 5.45. The van der Waals surface area contributed by atoms with Gasteiger partial charge in [-0.2, -0.15) is 0 Å². The van der Waals surface area contributed by atoms with Crippen molar-refractivity contribution in [2.45, 2.75) is 83.7 Å². The first kappa shape index (κ1) is 23.2. The van der Waals surface area contributed by atoms with Crippen LogP contribution in [0.25, 0.3) is 17.0 Å². The van der Waals surface area contributed by atoms with E-state index in [2.05, 4.69) is 6.92 Å². The number of rotatable bonds is 11. The van der Waals surface area contributed by atoms with E-state index in [0.717, 1.165) is 30.2 Å². The highest BCUT2D eigenvalue weighted by atomic mass is 16.7. The summed E-state index contributed by atoms with van der Waals surface area (Å²) in [5, 5.41) is 9.80. The number of unbranched alkanes of at least 4 members (excludes halogenated alkanes) is 2. The number of Topliss-reactive ketones (excluding diaryl/α,β-unsaturated/α-hetero) is 1. The SMILES string of the molecule is CCCCCC(=O)c1oc2ccccc2c1/C=C/C1OC(C)(C)OC1CCCC(=O)O. The van der Waals surface area contributed by atoms with Crippen LogP contribution in [0, 0.1) is 0 Å². The Hall–Kier alpha value is -2.44. The van der Waals surface area contributed by atoms with Gasteiger partial charge in [0.2, 0.25) is 0 Å². The van der Waals surface area contributed by atoms with E-state index in [-0.39, 0.29) is 24.4 Å². The van der Waals surface area contributed by atoms with Gasteiger partial charge in [-0.05, 0) is 39.2 Å². The molecule has 0 amide bonds. The summed E-state index contributed by atoms with van der Waals surface area (Å²) in [4.78, 5) is 23.7. The number of hydrogen-bond donors (Lipinski definition) is 1. The van der Waals surface area contributed by atoms with E-state index in [9.17, 15) is 9.59 Å². The molecular formula is C25H32O6. The molecule has 168 valence electrons. The van der Waals surface area contributed by atoms with Gasteiger partial charge in [-0.25, -0.2) is 0 Å². The maximum Gasteiger partial charge on any atom is 0.303 e. The van der Waals surface area contributed by atoms with Crippen LogP contribution in [0.4, 0.5) is 0 Å². The Labute approximate surface area is 183 Å². The Bertz CT molecular complexity index is 939. The van der Waals surface area contributed by atoms with Gasteiger partial charge >= 0.3 is 5.97 Å². The minimum absolute atomic E-state index is 0.00577. The summed E-state index contributed by atoms with van der Waals surface area (Å²) in [6, 6.07) is 7.62. The van der Waals surface area contributed by atoms with Crippen LogP contribution in [0.2, 0.25) is 0 Å². The molecule has 6 nitrogen and oxygen atoms in total. The van der Waals surface area contributed by atoms with Gasteiger partial charge in [0.05, 0.1) is 6.10 Å². The molecule has 0 spiro atoms.